The van der Waals surface area contributed by atoms with Crippen molar-refractivity contribution in [2.24, 2.45) is 7.05 Å². The van der Waals surface area contributed by atoms with Crippen LogP contribution in [-0.2, 0) is 16.6 Å². The van der Waals surface area contributed by atoms with Crippen LogP contribution in [0.4, 0.5) is 5.69 Å². The quantitative estimate of drug-likeness (QED) is 0.402. The number of rotatable bonds is 6. The van der Waals surface area contributed by atoms with Gasteiger partial charge in [0.05, 0.1) is 23.4 Å². The first-order valence-electron chi connectivity index (χ1n) is 8.35. The van der Waals surface area contributed by atoms with Crippen molar-refractivity contribution in [3.05, 3.63) is 57.5 Å². The van der Waals surface area contributed by atoms with Gasteiger partial charge in [0.25, 0.3) is 0 Å². The number of ether oxygens (including phenoxy) is 1. The summed E-state index contributed by atoms with van der Waals surface area (Å²) in [6.07, 6.45) is 0. The van der Waals surface area contributed by atoms with Crippen LogP contribution in [-0.4, -0.2) is 39.5 Å². The van der Waals surface area contributed by atoms with E-state index in [4.69, 9.17) is 11.6 Å². The largest absolute Gasteiger partial charge is 0.465 e. The Labute approximate surface area is 184 Å². The molecule has 0 fully saturated rings. The molecule has 10 heteroatoms. The van der Waals surface area contributed by atoms with E-state index in [1.807, 2.05) is 35.9 Å². The monoisotopic (exact) mass is 494 g/mol. The van der Waals surface area contributed by atoms with E-state index < -0.39 is 5.97 Å². The molecule has 1 amide bonds. The van der Waals surface area contributed by atoms with Gasteiger partial charge in [0.2, 0.25) is 5.91 Å². The number of carbonyl (C=O) groups is 2. The molecular weight excluding hydrogens is 480 g/mol. The van der Waals surface area contributed by atoms with Crippen molar-refractivity contribution in [3.63, 3.8) is 0 Å². The van der Waals surface area contributed by atoms with Gasteiger partial charge in [-0.2, -0.15) is 0 Å². The fourth-order valence-electron chi connectivity index (χ4n) is 2.49. The molecule has 3 rings (SSSR count). The van der Waals surface area contributed by atoms with Crippen molar-refractivity contribution in [1.29, 1.82) is 0 Å². The van der Waals surface area contributed by atoms with Gasteiger partial charge in [-0.25, -0.2) is 4.79 Å². The smallest absolute Gasteiger partial charge is 0.339 e. The average Bonchev–Trinajstić information content (AvgIpc) is 3.08. The Hall–Kier alpha value is -2.36. The number of halogens is 2. The minimum Gasteiger partial charge on any atom is -0.465 e. The van der Waals surface area contributed by atoms with Crippen molar-refractivity contribution in [2.75, 3.05) is 18.2 Å². The fraction of sp³-hybridized carbons (Fsp3) is 0.158. The lowest BCUT2D eigenvalue weighted by atomic mass is 10.2. The van der Waals surface area contributed by atoms with E-state index in [1.165, 1.54) is 31.0 Å². The molecule has 7 nitrogen and oxygen atoms in total. The van der Waals surface area contributed by atoms with E-state index in [-0.39, 0.29) is 22.2 Å². The summed E-state index contributed by atoms with van der Waals surface area (Å²) in [6.45, 7) is 0. The third-order valence-electron chi connectivity index (χ3n) is 3.93. The lowest BCUT2D eigenvalue weighted by molar-refractivity contribution is -0.113. The van der Waals surface area contributed by atoms with Crippen molar-refractivity contribution in [1.82, 2.24) is 14.8 Å². The minimum atomic E-state index is -0.569. The summed E-state index contributed by atoms with van der Waals surface area (Å²) in [5, 5.41) is 12.0. The van der Waals surface area contributed by atoms with Crippen LogP contribution in [0.15, 0.2) is 52.1 Å². The number of aromatic nitrogens is 3. The molecule has 0 radical (unpaired) electrons. The summed E-state index contributed by atoms with van der Waals surface area (Å²) >= 11 is 10.7. The fourth-order valence-corrected chi connectivity index (χ4v) is 3.66. The first-order valence-corrected chi connectivity index (χ1v) is 10.5. The normalized spacial score (nSPS) is 10.6. The number of thioether (sulfide) groups is 1. The Morgan fingerprint density at radius 3 is 2.62 bits per heavy atom. The van der Waals surface area contributed by atoms with Crippen LogP contribution in [0.25, 0.3) is 11.4 Å². The molecule has 1 heterocycles. The van der Waals surface area contributed by atoms with Gasteiger partial charge in [0.1, 0.15) is 0 Å². The molecule has 0 saturated carbocycles. The third-order valence-corrected chi connectivity index (χ3v) is 5.80. The molecule has 0 aliphatic carbocycles. The number of carbonyl (C=O) groups excluding carboxylic acids is 2. The topological polar surface area (TPSA) is 86.1 Å². The van der Waals surface area contributed by atoms with Gasteiger partial charge in [0.15, 0.2) is 11.0 Å². The van der Waals surface area contributed by atoms with Crippen molar-refractivity contribution in [2.45, 2.75) is 5.16 Å². The van der Waals surface area contributed by atoms with Crippen LogP contribution in [0.5, 0.6) is 0 Å². The predicted octanol–water partition coefficient (Wildman–Crippen LogP) is 4.42. The second-order valence-corrected chi connectivity index (χ2v) is 8.16. The third kappa shape index (κ3) is 5.17. The summed E-state index contributed by atoms with van der Waals surface area (Å²) in [4.78, 5) is 24.0. The zero-order chi connectivity index (χ0) is 21.0. The summed E-state index contributed by atoms with van der Waals surface area (Å²) < 4.78 is 7.49. The average molecular weight is 496 g/mol. The number of hydrogen-bond acceptors (Lipinski definition) is 6. The van der Waals surface area contributed by atoms with Gasteiger partial charge in [-0.05, 0) is 30.3 Å². The van der Waals surface area contributed by atoms with Crippen molar-refractivity contribution in [3.8, 4) is 11.4 Å². The first-order chi connectivity index (χ1) is 13.9. The molecular formula is C19H16BrClN4O3S. The lowest BCUT2D eigenvalue weighted by Crippen LogP contribution is -2.15. The molecule has 0 aliphatic rings. The zero-order valence-corrected chi connectivity index (χ0v) is 18.6. The summed E-state index contributed by atoms with van der Waals surface area (Å²) in [5.74, 6) is 0.0184. The van der Waals surface area contributed by atoms with Crippen LogP contribution in [0.2, 0.25) is 5.02 Å². The van der Waals surface area contributed by atoms with Crippen LogP contribution < -0.4 is 5.32 Å². The molecule has 0 unspecified atom stereocenters. The number of nitrogens with zero attached hydrogens (tertiary/aromatic N) is 3. The number of hydrogen-bond donors (Lipinski definition) is 1. The van der Waals surface area contributed by atoms with E-state index in [0.29, 0.717) is 16.7 Å². The maximum atomic E-state index is 12.3. The van der Waals surface area contributed by atoms with Crippen LogP contribution in [0, 0.1) is 0 Å². The van der Waals surface area contributed by atoms with Crippen LogP contribution in [0.1, 0.15) is 10.4 Å². The first kappa shape index (κ1) is 21.4. The lowest BCUT2D eigenvalue weighted by Gasteiger charge is -2.08. The Morgan fingerprint density at radius 2 is 1.93 bits per heavy atom. The van der Waals surface area contributed by atoms with Gasteiger partial charge >= 0.3 is 5.97 Å². The highest BCUT2D eigenvalue weighted by Gasteiger charge is 2.15. The van der Waals surface area contributed by atoms with Crippen LogP contribution in [0.3, 0.4) is 0 Å². The molecule has 3 aromatic rings. The number of benzene rings is 2. The van der Waals surface area contributed by atoms with E-state index in [1.54, 1.807) is 6.07 Å². The summed E-state index contributed by atoms with van der Waals surface area (Å²) in [5.41, 5.74) is 1.57. The second kappa shape index (κ2) is 9.43. The molecule has 0 spiro atoms. The molecule has 0 saturated heterocycles. The Morgan fingerprint density at radius 1 is 1.21 bits per heavy atom. The van der Waals surface area contributed by atoms with E-state index in [2.05, 4.69) is 36.2 Å². The van der Waals surface area contributed by atoms with E-state index in [0.717, 1.165) is 10.0 Å². The number of anilines is 1. The van der Waals surface area contributed by atoms with Crippen molar-refractivity contribution >= 4 is 56.9 Å². The highest BCUT2D eigenvalue weighted by molar-refractivity contribution is 9.10. The van der Waals surface area contributed by atoms with Gasteiger partial charge in [-0.15, -0.1) is 10.2 Å². The molecule has 1 aromatic heterocycles. The maximum absolute atomic E-state index is 12.3. The molecule has 0 bridgehead atoms. The van der Waals surface area contributed by atoms with Gasteiger partial charge in [0, 0.05) is 22.8 Å². The summed E-state index contributed by atoms with van der Waals surface area (Å²) in [7, 11) is 3.11. The molecule has 0 atom stereocenters. The SMILES string of the molecule is COC(=O)c1cc(NC(=O)CSc2nnc(-c3ccc(Br)cc3)n2C)ccc1Cl. The Bertz CT molecular complexity index is 1060. The standard InChI is InChI=1S/C19H16BrClN4O3S/c1-25-17(11-3-5-12(20)6-4-11)23-24-19(25)29-10-16(26)22-13-7-8-15(21)14(9-13)18(27)28-2/h3-9H,10H2,1-2H3,(H,22,26). The molecule has 2 aromatic carbocycles. The molecule has 150 valence electrons. The zero-order valence-electron chi connectivity index (χ0n) is 15.5. The number of nitrogens with one attached hydrogen (secondary N) is 1. The van der Waals surface area contributed by atoms with E-state index >= 15 is 0 Å². The van der Waals surface area contributed by atoms with Gasteiger partial charge in [-0.3, -0.25) is 4.79 Å². The highest BCUT2D eigenvalue weighted by Crippen LogP contribution is 2.25. The Kier molecular flexibility index (Phi) is 6.94. The second-order valence-electron chi connectivity index (χ2n) is 5.90. The number of methoxy groups -OCH3 is 1. The van der Waals surface area contributed by atoms with E-state index in [9.17, 15) is 9.59 Å². The Balaban J connectivity index is 1.64. The van der Waals surface area contributed by atoms with Gasteiger partial charge in [-0.1, -0.05) is 51.4 Å². The number of esters is 1. The van der Waals surface area contributed by atoms with Gasteiger partial charge < -0.3 is 14.6 Å². The van der Waals surface area contributed by atoms with Crippen molar-refractivity contribution < 1.29 is 14.3 Å². The number of amides is 1. The maximum Gasteiger partial charge on any atom is 0.339 e. The summed E-state index contributed by atoms with van der Waals surface area (Å²) in [6, 6.07) is 12.4. The molecule has 29 heavy (non-hydrogen) atoms. The highest BCUT2D eigenvalue weighted by atomic mass is 79.9. The molecule has 0 aliphatic heterocycles. The molecule has 1 N–H and O–H groups in total. The minimum absolute atomic E-state index is 0.127. The van der Waals surface area contributed by atoms with Crippen LogP contribution >= 0.6 is 39.3 Å². The predicted molar refractivity (Wildman–Crippen MR) is 116 cm³/mol.